The Labute approximate surface area is 370 Å². The van der Waals surface area contributed by atoms with Gasteiger partial charge >= 0.3 is 11.9 Å². The molecule has 0 heterocycles. The van der Waals surface area contributed by atoms with Crippen molar-refractivity contribution >= 4 is 47.7 Å². The highest BCUT2D eigenvalue weighted by molar-refractivity contribution is 7.89. The minimum absolute atomic E-state index is 0. The molecule has 0 atom stereocenters. The standard InChI is InChI=1S/2C25H35O2P.BrH.ClH/c2*1-28(23-17-11-9-12-18-23,24-19-13-10-14-20-24)22-16-8-6-4-2-3-5-7-15-21-25(26)27;;/h2*9-14,17-20H,2-8,15-16,21-22H2,1H3;2*1H. The predicted octanol–water partition coefficient (Wildman–Crippen LogP) is 6.55. The molecule has 0 saturated carbocycles. The molecule has 8 heteroatoms. The molecule has 0 aliphatic carbocycles. The molecule has 0 bridgehead atoms. The molecular weight excluding hydrogens is 842 g/mol. The molecule has 4 aromatic rings. The molecule has 0 aliphatic heterocycles. The van der Waals surface area contributed by atoms with E-state index < -0.39 is 26.5 Å². The molecule has 0 unspecified atom stereocenters. The minimum atomic E-state index is -1.30. The van der Waals surface area contributed by atoms with Crippen molar-refractivity contribution in [2.45, 2.75) is 128 Å². The SMILES string of the molecule is C[P+](CCCCCCCCCCCC(=O)O)(c1ccccc1)c1ccccc1.C[P+](CCCCCCCCCCCC(=O)O)(c1ccccc1)c1ccccc1.[Br-].[Cl-]. The number of benzene rings is 4. The average Bonchev–Trinajstić information content (AvgIpc) is 3.23. The molecule has 0 spiro atoms. The summed E-state index contributed by atoms with van der Waals surface area (Å²) in [6.07, 6.45) is 24.9. The quantitative estimate of drug-likeness (QED) is 0.0502. The zero-order valence-electron chi connectivity index (χ0n) is 35.5. The van der Waals surface area contributed by atoms with Crippen LogP contribution in [0.4, 0.5) is 0 Å². The van der Waals surface area contributed by atoms with Crippen molar-refractivity contribution in [1.82, 2.24) is 0 Å². The maximum Gasteiger partial charge on any atom is 0.303 e. The molecule has 58 heavy (non-hydrogen) atoms. The van der Waals surface area contributed by atoms with Gasteiger partial charge in [-0.2, -0.15) is 0 Å². The van der Waals surface area contributed by atoms with Crippen LogP contribution >= 0.6 is 14.5 Å². The first-order chi connectivity index (χ1) is 27.3. The molecule has 0 fully saturated rings. The Hall–Kier alpha value is -2.55. The Kier molecular flexibility index (Phi) is 29.7. The van der Waals surface area contributed by atoms with Crippen LogP contribution in [0.5, 0.6) is 0 Å². The van der Waals surface area contributed by atoms with Crippen molar-refractivity contribution in [3.8, 4) is 0 Å². The van der Waals surface area contributed by atoms with Crippen LogP contribution in [0, 0.1) is 0 Å². The second kappa shape index (κ2) is 32.3. The summed E-state index contributed by atoms with van der Waals surface area (Å²) in [6.45, 7) is 4.99. The maximum atomic E-state index is 10.5. The first-order valence-electron chi connectivity index (χ1n) is 21.6. The molecular formula is C50H72BrClO4P2. The van der Waals surface area contributed by atoms with E-state index in [2.05, 4.69) is 135 Å². The second-order valence-electron chi connectivity index (χ2n) is 15.8. The van der Waals surface area contributed by atoms with Gasteiger partial charge in [0.05, 0.1) is 61.4 Å². The first kappa shape index (κ1) is 53.5. The van der Waals surface area contributed by atoms with Gasteiger partial charge in [-0.15, -0.1) is 0 Å². The highest BCUT2D eigenvalue weighted by atomic mass is 79.9. The zero-order valence-corrected chi connectivity index (χ0v) is 39.6. The molecule has 0 amide bonds. The third-order valence-corrected chi connectivity index (χ3v) is 19.5. The van der Waals surface area contributed by atoms with E-state index in [9.17, 15) is 9.59 Å². The molecule has 0 aliphatic rings. The van der Waals surface area contributed by atoms with Gasteiger partial charge < -0.3 is 39.6 Å². The van der Waals surface area contributed by atoms with Crippen molar-refractivity contribution in [2.75, 3.05) is 25.7 Å². The summed E-state index contributed by atoms with van der Waals surface area (Å²) < 4.78 is 0. The monoisotopic (exact) mass is 912 g/mol. The van der Waals surface area contributed by atoms with Crippen LogP contribution in [0.3, 0.4) is 0 Å². The van der Waals surface area contributed by atoms with Crippen molar-refractivity contribution in [1.29, 1.82) is 0 Å². The Balaban J connectivity index is 0.000000561. The Morgan fingerprint density at radius 2 is 0.552 bits per heavy atom. The van der Waals surface area contributed by atoms with Crippen molar-refractivity contribution in [3.63, 3.8) is 0 Å². The summed E-state index contributed by atoms with van der Waals surface area (Å²) in [5, 5.41) is 23.3. The average molecular weight is 914 g/mol. The number of hydrogen-bond acceptors (Lipinski definition) is 2. The van der Waals surface area contributed by atoms with Crippen molar-refractivity contribution in [2.24, 2.45) is 0 Å². The molecule has 4 aromatic carbocycles. The summed E-state index contributed by atoms with van der Waals surface area (Å²) in [6, 6.07) is 44.3. The van der Waals surface area contributed by atoms with Gasteiger partial charge in [-0.25, -0.2) is 0 Å². The van der Waals surface area contributed by atoms with E-state index in [1.807, 2.05) is 0 Å². The van der Waals surface area contributed by atoms with Crippen LogP contribution in [0.1, 0.15) is 128 Å². The fourth-order valence-electron chi connectivity index (χ4n) is 7.73. The van der Waals surface area contributed by atoms with E-state index in [0.717, 1.165) is 25.7 Å². The van der Waals surface area contributed by atoms with Crippen LogP contribution in [-0.2, 0) is 9.59 Å². The number of rotatable bonds is 28. The number of halogens is 2. The topological polar surface area (TPSA) is 74.6 Å². The largest absolute Gasteiger partial charge is 1.00 e. The molecule has 0 aromatic heterocycles. The Morgan fingerprint density at radius 3 is 0.759 bits per heavy atom. The van der Waals surface area contributed by atoms with Crippen molar-refractivity contribution < 1.29 is 49.2 Å². The van der Waals surface area contributed by atoms with Crippen LogP contribution < -0.4 is 50.6 Å². The van der Waals surface area contributed by atoms with E-state index >= 15 is 0 Å². The van der Waals surface area contributed by atoms with E-state index in [4.69, 9.17) is 10.2 Å². The minimum Gasteiger partial charge on any atom is -1.00 e. The molecule has 320 valence electrons. The molecule has 0 saturated heterocycles. The maximum absolute atomic E-state index is 10.5. The summed E-state index contributed by atoms with van der Waals surface area (Å²) >= 11 is 0. The third-order valence-electron chi connectivity index (χ3n) is 11.3. The normalized spacial score (nSPS) is 11.1. The third kappa shape index (κ3) is 21.1. The highest BCUT2D eigenvalue weighted by Crippen LogP contribution is 2.54. The number of carboxylic acids is 2. The number of carbonyl (C=O) groups is 2. The Morgan fingerprint density at radius 1 is 0.362 bits per heavy atom. The lowest BCUT2D eigenvalue weighted by molar-refractivity contribution is -0.138. The van der Waals surface area contributed by atoms with Crippen LogP contribution in [0.15, 0.2) is 121 Å². The highest BCUT2D eigenvalue weighted by Gasteiger charge is 2.37. The van der Waals surface area contributed by atoms with E-state index in [1.54, 1.807) is 0 Å². The first-order valence-corrected chi connectivity index (χ1v) is 26.5. The number of carboxylic acid groups (broad SMARTS) is 2. The number of aliphatic carboxylic acids is 2. The fraction of sp³-hybridized carbons (Fsp3) is 0.480. The number of unbranched alkanes of at least 4 members (excludes halogenated alkanes) is 16. The fourth-order valence-corrected chi connectivity index (χ4v) is 14.4. The molecule has 4 nitrogen and oxygen atoms in total. The van der Waals surface area contributed by atoms with Crippen molar-refractivity contribution in [3.05, 3.63) is 121 Å². The van der Waals surface area contributed by atoms with Gasteiger partial charge in [-0.3, -0.25) is 9.59 Å². The van der Waals surface area contributed by atoms with Gasteiger partial charge in [0.2, 0.25) is 0 Å². The predicted molar refractivity (Wildman–Crippen MR) is 247 cm³/mol. The summed E-state index contributed by atoms with van der Waals surface area (Å²) in [5.41, 5.74) is 0. The van der Waals surface area contributed by atoms with Gasteiger partial charge in [-0.05, 0) is 87.1 Å². The Bertz CT molecular complexity index is 1400. The summed E-state index contributed by atoms with van der Waals surface area (Å²) in [7, 11) is -2.61. The lowest BCUT2D eigenvalue weighted by Crippen LogP contribution is -3.00. The summed E-state index contributed by atoms with van der Waals surface area (Å²) in [4.78, 5) is 21.0. The molecule has 0 radical (unpaired) electrons. The smallest absolute Gasteiger partial charge is 0.303 e. The van der Waals surface area contributed by atoms with Gasteiger partial charge in [0.25, 0.3) is 0 Å². The van der Waals surface area contributed by atoms with Gasteiger partial charge in [0.15, 0.2) is 0 Å². The van der Waals surface area contributed by atoms with Gasteiger partial charge in [0, 0.05) is 12.8 Å². The van der Waals surface area contributed by atoms with E-state index in [0.29, 0.717) is 12.8 Å². The van der Waals surface area contributed by atoms with E-state index in [-0.39, 0.29) is 29.4 Å². The van der Waals surface area contributed by atoms with Crippen LogP contribution in [0.2, 0.25) is 0 Å². The van der Waals surface area contributed by atoms with Crippen LogP contribution in [-0.4, -0.2) is 47.8 Å². The lowest BCUT2D eigenvalue weighted by Gasteiger charge is -2.23. The molecule has 2 N–H and O–H groups in total. The van der Waals surface area contributed by atoms with Gasteiger partial charge in [-0.1, -0.05) is 150 Å². The zero-order chi connectivity index (χ0) is 40.2. The lowest BCUT2D eigenvalue weighted by atomic mass is 10.1. The van der Waals surface area contributed by atoms with Gasteiger partial charge in [0.1, 0.15) is 0 Å². The summed E-state index contributed by atoms with van der Waals surface area (Å²) in [5.74, 6) is -1.33. The molecule has 4 rings (SSSR count). The number of hydrogen-bond donors (Lipinski definition) is 2. The second-order valence-corrected chi connectivity index (χ2v) is 23.5. The van der Waals surface area contributed by atoms with Crippen LogP contribution in [0.25, 0.3) is 0 Å². The van der Waals surface area contributed by atoms with E-state index in [1.165, 1.54) is 123 Å².